The summed E-state index contributed by atoms with van der Waals surface area (Å²) in [5.74, 6) is -0.128. The van der Waals surface area contributed by atoms with Crippen molar-refractivity contribution < 1.29 is 13.2 Å². The standard InChI is InChI=1S/C17H25N3O3S2/c1-17(2,3)13-6-8-14(9-7-13)25(22,23)20-15(12-24-4)16(21)19-11-5-10-18/h6-9,15,20H,5,11-12H2,1-4H3,(H,19,21). The van der Waals surface area contributed by atoms with Gasteiger partial charge in [-0.2, -0.15) is 21.7 Å². The van der Waals surface area contributed by atoms with Gasteiger partial charge in [0.15, 0.2) is 0 Å². The molecule has 0 spiro atoms. The van der Waals surface area contributed by atoms with E-state index in [9.17, 15) is 13.2 Å². The number of hydrogen-bond acceptors (Lipinski definition) is 5. The monoisotopic (exact) mass is 383 g/mol. The minimum Gasteiger partial charge on any atom is -0.354 e. The molecule has 2 N–H and O–H groups in total. The first-order valence-electron chi connectivity index (χ1n) is 7.88. The number of amides is 1. The number of nitrogens with one attached hydrogen (secondary N) is 2. The molecule has 1 rings (SSSR count). The second-order valence-electron chi connectivity index (χ2n) is 6.60. The maximum absolute atomic E-state index is 12.6. The lowest BCUT2D eigenvalue weighted by Crippen LogP contribution is -2.48. The van der Waals surface area contributed by atoms with E-state index in [2.05, 4.69) is 30.8 Å². The minimum atomic E-state index is -3.81. The Morgan fingerprint density at radius 1 is 1.28 bits per heavy atom. The summed E-state index contributed by atoms with van der Waals surface area (Å²) in [7, 11) is -3.81. The van der Waals surface area contributed by atoms with Crippen molar-refractivity contribution in [2.45, 2.75) is 43.5 Å². The highest BCUT2D eigenvalue weighted by Crippen LogP contribution is 2.23. The van der Waals surface area contributed by atoms with E-state index >= 15 is 0 Å². The molecule has 1 aromatic carbocycles. The largest absolute Gasteiger partial charge is 0.354 e. The molecular weight excluding hydrogens is 358 g/mol. The highest BCUT2D eigenvalue weighted by atomic mass is 32.2. The molecule has 1 amide bonds. The third-order valence-electron chi connectivity index (χ3n) is 3.51. The van der Waals surface area contributed by atoms with E-state index < -0.39 is 22.0 Å². The van der Waals surface area contributed by atoms with Crippen LogP contribution in [0.5, 0.6) is 0 Å². The SMILES string of the molecule is CSCC(NS(=O)(=O)c1ccc(C(C)(C)C)cc1)C(=O)NCCC#N. The quantitative estimate of drug-likeness (QED) is 0.669. The molecule has 0 aromatic heterocycles. The van der Waals surface area contributed by atoms with Crippen LogP contribution in [0.25, 0.3) is 0 Å². The van der Waals surface area contributed by atoms with Crippen LogP contribution in [-0.2, 0) is 20.2 Å². The minimum absolute atomic E-state index is 0.0717. The van der Waals surface area contributed by atoms with Crippen molar-refractivity contribution in [3.8, 4) is 6.07 Å². The summed E-state index contributed by atoms with van der Waals surface area (Å²) in [5.41, 5.74) is 0.957. The van der Waals surface area contributed by atoms with Crippen LogP contribution < -0.4 is 10.0 Å². The molecular formula is C17H25N3O3S2. The van der Waals surface area contributed by atoms with Crippen molar-refractivity contribution in [3.63, 3.8) is 0 Å². The van der Waals surface area contributed by atoms with Gasteiger partial charge in [-0.1, -0.05) is 32.9 Å². The van der Waals surface area contributed by atoms with Gasteiger partial charge >= 0.3 is 0 Å². The van der Waals surface area contributed by atoms with Crippen LogP contribution in [-0.4, -0.2) is 38.9 Å². The molecule has 0 fully saturated rings. The molecule has 0 radical (unpaired) electrons. The molecule has 25 heavy (non-hydrogen) atoms. The van der Waals surface area contributed by atoms with Crippen LogP contribution in [0.1, 0.15) is 32.8 Å². The van der Waals surface area contributed by atoms with E-state index in [-0.39, 0.29) is 23.3 Å². The van der Waals surface area contributed by atoms with Gasteiger partial charge < -0.3 is 5.32 Å². The number of carbonyl (C=O) groups is 1. The number of sulfonamides is 1. The highest BCUT2D eigenvalue weighted by molar-refractivity contribution is 7.98. The van der Waals surface area contributed by atoms with Gasteiger partial charge in [-0.05, 0) is 29.4 Å². The predicted octanol–water partition coefficient (Wildman–Crippen LogP) is 2.02. The lowest BCUT2D eigenvalue weighted by Gasteiger charge is -2.20. The lowest BCUT2D eigenvalue weighted by atomic mass is 9.87. The summed E-state index contributed by atoms with van der Waals surface area (Å²) in [6, 6.07) is 7.70. The average molecular weight is 384 g/mol. The average Bonchev–Trinajstić information content (AvgIpc) is 2.53. The summed E-state index contributed by atoms with van der Waals surface area (Å²) in [5, 5.41) is 11.1. The molecule has 1 aromatic rings. The van der Waals surface area contributed by atoms with Crippen LogP contribution in [0, 0.1) is 11.3 Å². The first-order chi connectivity index (χ1) is 11.6. The van der Waals surface area contributed by atoms with E-state index in [0.29, 0.717) is 5.75 Å². The molecule has 0 saturated carbocycles. The van der Waals surface area contributed by atoms with Crippen LogP contribution in [0.2, 0.25) is 0 Å². The van der Waals surface area contributed by atoms with Gasteiger partial charge in [0, 0.05) is 12.3 Å². The molecule has 138 valence electrons. The van der Waals surface area contributed by atoms with Gasteiger partial charge in [0.2, 0.25) is 15.9 Å². The number of carbonyl (C=O) groups excluding carboxylic acids is 1. The Hall–Kier alpha value is -1.56. The number of hydrogen-bond donors (Lipinski definition) is 2. The molecule has 0 aliphatic heterocycles. The molecule has 0 saturated heterocycles. The number of rotatable bonds is 8. The Balaban J connectivity index is 2.91. The van der Waals surface area contributed by atoms with E-state index in [1.54, 1.807) is 30.5 Å². The summed E-state index contributed by atoms with van der Waals surface area (Å²) in [4.78, 5) is 12.3. The van der Waals surface area contributed by atoms with Crippen molar-refractivity contribution in [2.24, 2.45) is 0 Å². The second-order valence-corrected chi connectivity index (χ2v) is 9.23. The summed E-state index contributed by atoms with van der Waals surface area (Å²) < 4.78 is 27.6. The first kappa shape index (κ1) is 21.5. The van der Waals surface area contributed by atoms with Gasteiger partial charge in [-0.15, -0.1) is 0 Å². The third-order valence-corrected chi connectivity index (χ3v) is 5.67. The van der Waals surface area contributed by atoms with Crippen molar-refractivity contribution in [1.29, 1.82) is 5.26 Å². The Kier molecular flexibility index (Phi) is 7.93. The lowest BCUT2D eigenvalue weighted by molar-refractivity contribution is -0.122. The molecule has 1 unspecified atom stereocenters. The molecule has 0 bridgehead atoms. The maximum Gasteiger partial charge on any atom is 0.241 e. The van der Waals surface area contributed by atoms with Crippen LogP contribution in [0.15, 0.2) is 29.2 Å². The number of benzene rings is 1. The van der Waals surface area contributed by atoms with Crippen molar-refractivity contribution in [3.05, 3.63) is 29.8 Å². The van der Waals surface area contributed by atoms with E-state index in [1.165, 1.54) is 11.8 Å². The van der Waals surface area contributed by atoms with Crippen molar-refractivity contribution in [2.75, 3.05) is 18.6 Å². The van der Waals surface area contributed by atoms with Gasteiger partial charge in [-0.25, -0.2) is 8.42 Å². The summed E-state index contributed by atoms with van der Waals surface area (Å²) in [6.45, 7) is 6.35. The summed E-state index contributed by atoms with van der Waals surface area (Å²) in [6.07, 6.45) is 1.97. The van der Waals surface area contributed by atoms with Gasteiger partial charge in [0.1, 0.15) is 6.04 Å². The maximum atomic E-state index is 12.6. The fraction of sp³-hybridized carbons (Fsp3) is 0.529. The third kappa shape index (κ3) is 6.69. The summed E-state index contributed by atoms with van der Waals surface area (Å²) >= 11 is 1.37. The van der Waals surface area contributed by atoms with Crippen LogP contribution >= 0.6 is 11.8 Å². The topological polar surface area (TPSA) is 99.1 Å². The van der Waals surface area contributed by atoms with Crippen molar-refractivity contribution in [1.82, 2.24) is 10.0 Å². The number of nitriles is 1. The molecule has 0 aliphatic carbocycles. The Bertz CT molecular complexity index is 717. The molecule has 0 heterocycles. The smallest absolute Gasteiger partial charge is 0.241 e. The molecule has 6 nitrogen and oxygen atoms in total. The zero-order chi connectivity index (χ0) is 19.1. The van der Waals surface area contributed by atoms with Gasteiger partial charge in [0.05, 0.1) is 17.4 Å². The predicted molar refractivity (Wildman–Crippen MR) is 101 cm³/mol. The van der Waals surface area contributed by atoms with Gasteiger partial charge in [0.25, 0.3) is 0 Å². The zero-order valence-corrected chi connectivity index (χ0v) is 16.6. The Morgan fingerprint density at radius 2 is 1.88 bits per heavy atom. The van der Waals surface area contributed by atoms with Crippen molar-refractivity contribution >= 4 is 27.7 Å². The molecule has 1 atom stereocenters. The van der Waals surface area contributed by atoms with E-state index in [1.807, 2.05) is 6.07 Å². The molecule has 0 aliphatic rings. The number of nitrogens with zero attached hydrogens (tertiary/aromatic N) is 1. The molecule has 8 heteroatoms. The number of thioether (sulfide) groups is 1. The first-order valence-corrected chi connectivity index (χ1v) is 10.8. The fourth-order valence-corrected chi connectivity index (χ4v) is 3.95. The Labute approximate surface area is 154 Å². The van der Waals surface area contributed by atoms with E-state index in [0.717, 1.165) is 5.56 Å². The fourth-order valence-electron chi connectivity index (χ4n) is 2.08. The second kappa shape index (κ2) is 9.22. The zero-order valence-electron chi connectivity index (χ0n) is 15.0. The normalized spacial score (nSPS) is 13.1. The van der Waals surface area contributed by atoms with Crippen LogP contribution in [0.3, 0.4) is 0 Å². The highest BCUT2D eigenvalue weighted by Gasteiger charge is 2.25. The Morgan fingerprint density at radius 3 is 2.36 bits per heavy atom. The van der Waals surface area contributed by atoms with Gasteiger partial charge in [-0.3, -0.25) is 4.79 Å². The van der Waals surface area contributed by atoms with E-state index in [4.69, 9.17) is 5.26 Å². The van der Waals surface area contributed by atoms with Crippen LogP contribution in [0.4, 0.5) is 0 Å².